The normalized spacial score (nSPS) is 9.88. The van der Waals surface area contributed by atoms with Crippen molar-refractivity contribution in [3.8, 4) is 23.2 Å². The van der Waals surface area contributed by atoms with Crippen molar-refractivity contribution < 1.29 is 14.3 Å². The van der Waals surface area contributed by atoms with Crippen molar-refractivity contribution in [2.75, 3.05) is 14.2 Å². The van der Waals surface area contributed by atoms with E-state index in [2.05, 4.69) is 16.8 Å². The quantitative estimate of drug-likeness (QED) is 0.680. The highest BCUT2D eigenvalue weighted by molar-refractivity contribution is 5.95. The third kappa shape index (κ3) is 2.90. The van der Waals surface area contributed by atoms with E-state index in [0.717, 1.165) is 5.56 Å². The topological polar surface area (TPSA) is 89.5 Å². The maximum Gasteiger partial charge on any atom is 0.341 e. The molecule has 128 valence electrons. The summed E-state index contributed by atoms with van der Waals surface area (Å²) < 4.78 is 11.4. The molecule has 0 amide bonds. The zero-order valence-corrected chi connectivity index (χ0v) is 14.5. The molecule has 0 aliphatic rings. The van der Waals surface area contributed by atoms with E-state index in [1.807, 2.05) is 32.0 Å². The number of esters is 1. The molecule has 0 saturated carbocycles. The summed E-state index contributed by atoms with van der Waals surface area (Å²) in [6.07, 6.45) is 0. The smallest absolute Gasteiger partial charge is 0.341 e. The number of carbonyl (C=O) groups is 1. The van der Waals surface area contributed by atoms with Crippen LogP contribution in [-0.4, -0.2) is 34.8 Å². The van der Waals surface area contributed by atoms with Gasteiger partial charge in [-0.05, 0) is 24.3 Å². The van der Waals surface area contributed by atoms with E-state index >= 15 is 0 Å². The SMILES string of the molecule is C=c1c(C(=O)OC)c(C#N)c2nnc(-c3ccc(OC)cc3)n12.CC. The third-order valence-corrected chi connectivity index (χ3v) is 3.54. The van der Waals surface area contributed by atoms with Crippen molar-refractivity contribution in [1.82, 2.24) is 14.6 Å². The van der Waals surface area contributed by atoms with Gasteiger partial charge in [-0.2, -0.15) is 5.26 Å². The molecule has 0 unspecified atom stereocenters. The van der Waals surface area contributed by atoms with Crippen LogP contribution >= 0.6 is 0 Å². The number of hydrogen-bond donors (Lipinski definition) is 0. The lowest BCUT2D eigenvalue weighted by Gasteiger charge is -2.01. The van der Waals surface area contributed by atoms with Crippen LogP contribution in [0.4, 0.5) is 0 Å². The highest BCUT2D eigenvalue weighted by Gasteiger charge is 2.24. The van der Waals surface area contributed by atoms with Gasteiger partial charge in [0.15, 0.2) is 11.5 Å². The van der Waals surface area contributed by atoms with Gasteiger partial charge < -0.3 is 9.47 Å². The Kier molecular flexibility index (Phi) is 5.35. The molecule has 2 aromatic heterocycles. The highest BCUT2D eigenvalue weighted by atomic mass is 16.5. The number of fused-ring (bicyclic) bond motifs is 1. The summed E-state index contributed by atoms with van der Waals surface area (Å²) in [6, 6.07) is 9.17. The lowest BCUT2D eigenvalue weighted by Crippen LogP contribution is -2.18. The molecule has 7 heteroatoms. The number of rotatable bonds is 3. The molecular weight excluding hydrogens is 320 g/mol. The van der Waals surface area contributed by atoms with Crippen molar-refractivity contribution in [3.05, 3.63) is 40.7 Å². The van der Waals surface area contributed by atoms with Crippen LogP contribution in [0.1, 0.15) is 29.8 Å². The Labute approximate surface area is 145 Å². The van der Waals surface area contributed by atoms with E-state index in [4.69, 9.17) is 9.47 Å². The minimum atomic E-state index is -0.627. The van der Waals surface area contributed by atoms with Crippen molar-refractivity contribution in [3.63, 3.8) is 0 Å². The van der Waals surface area contributed by atoms with Crippen LogP contribution in [0.3, 0.4) is 0 Å². The molecule has 0 spiro atoms. The molecular formula is C18H18N4O3. The minimum Gasteiger partial charge on any atom is -0.497 e. The van der Waals surface area contributed by atoms with Crippen molar-refractivity contribution in [2.24, 2.45) is 0 Å². The number of carbonyl (C=O) groups excluding carboxylic acids is 1. The Bertz CT molecular complexity index is 984. The molecule has 0 atom stereocenters. The summed E-state index contributed by atoms with van der Waals surface area (Å²) in [5, 5.41) is 17.8. The molecule has 25 heavy (non-hydrogen) atoms. The summed E-state index contributed by atoms with van der Waals surface area (Å²) in [5.41, 5.74) is 1.25. The average Bonchev–Trinajstić information content (AvgIpc) is 3.22. The first-order valence-electron chi connectivity index (χ1n) is 7.65. The monoisotopic (exact) mass is 338 g/mol. The van der Waals surface area contributed by atoms with E-state index in [9.17, 15) is 10.1 Å². The fourth-order valence-electron chi connectivity index (χ4n) is 2.42. The van der Waals surface area contributed by atoms with Gasteiger partial charge in [0, 0.05) is 5.56 Å². The van der Waals surface area contributed by atoms with Gasteiger partial charge in [0.05, 0.1) is 19.6 Å². The second-order valence-corrected chi connectivity index (χ2v) is 4.71. The van der Waals surface area contributed by atoms with Gasteiger partial charge in [-0.15, -0.1) is 10.2 Å². The van der Waals surface area contributed by atoms with E-state index in [-0.39, 0.29) is 16.8 Å². The zero-order chi connectivity index (χ0) is 18.6. The molecule has 3 aromatic rings. The third-order valence-electron chi connectivity index (χ3n) is 3.54. The molecule has 0 N–H and O–H groups in total. The number of nitrogens with zero attached hydrogens (tertiary/aromatic N) is 4. The second kappa shape index (κ2) is 7.45. The number of ether oxygens (including phenoxy) is 2. The Morgan fingerprint density at radius 1 is 1.20 bits per heavy atom. The molecule has 2 heterocycles. The maximum atomic E-state index is 11.9. The molecule has 0 aliphatic heterocycles. The molecule has 7 nitrogen and oxygen atoms in total. The molecule has 3 rings (SSSR count). The zero-order valence-electron chi connectivity index (χ0n) is 14.5. The fourth-order valence-corrected chi connectivity index (χ4v) is 2.42. The van der Waals surface area contributed by atoms with Gasteiger partial charge >= 0.3 is 5.97 Å². The largest absolute Gasteiger partial charge is 0.497 e. The number of hydrogen-bond acceptors (Lipinski definition) is 6. The number of nitriles is 1. The summed E-state index contributed by atoms with van der Waals surface area (Å²) in [5.74, 6) is 0.567. The molecule has 0 bridgehead atoms. The lowest BCUT2D eigenvalue weighted by molar-refractivity contribution is 0.0599. The lowest BCUT2D eigenvalue weighted by atomic mass is 10.2. The van der Waals surface area contributed by atoms with Crippen molar-refractivity contribution in [1.29, 1.82) is 5.26 Å². The van der Waals surface area contributed by atoms with Crippen molar-refractivity contribution >= 4 is 18.2 Å². The van der Waals surface area contributed by atoms with Gasteiger partial charge in [0.25, 0.3) is 0 Å². The second-order valence-electron chi connectivity index (χ2n) is 4.71. The molecule has 0 saturated heterocycles. The molecule has 0 aliphatic carbocycles. The Morgan fingerprint density at radius 3 is 2.36 bits per heavy atom. The molecule has 0 fully saturated rings. The number of benzene rings is 1. The van der Waals surface area contributed by atoms with Crippen LogP contribution < -0.4 is 10.1 Å². The summed E-state index contributed by atoms with van der Waals surface area (Å²) in [6.45, 7) is 7.88. The van der Waals surface area contributed by atoms with Gasteiger partial charge in [0.2, 0.25) is 0 Å². The van der Waals surface area contributed by atoms with Crippen LogP contribution in [0, 0.1) is 11.3 Å². The standard InChI is InChI=1S/C16H12N4O3.C2H6/c1-9-13(16(21)23-3)12(8-17)15-19-18-14(20(9)15)10-4-6-11(22-2)7-5-10;1-2/h4-7H,1H2,2-3H3;1-2H3. The molecule has 1 aromatic carbocycles. The van der Waals surface area contributed by atoms with Crippen LogP contribution in [0.25, 0.3) is 23.6 Å². The van der Waals surface area contributed by atoms with E-state index in [1.165, 1.54) is 7.11 Å². The van der Waals surface area contributed by atoms with Gasteiger partial charge in [0.1, 0.15) is 22.9 Å². The predicted molar refractivity (Wildman–Crippen MR) is 93.1 cm³/mol. The van der Waals surface area contributed by atoms with Crippen LogP contribution in [0.2, 0.25) is 0 Å². The summed E-state index contributed by atoms with van der Waals surface area (Å²) in [4.78, 5) is 11.9. The van der Waals surface area contributed by atoms with E-state index in [1.54, 1.807) is 23.6 Å². The Balaban J connectivity index is 0.00000109. The predicted octanol–water partition coefficient (Wildman–Crippen LogP) is 2.22. The van der Waals surface area contributed by atoms with Crippen LogP contribution in [0.15, 0.2) is 24.3 Å². The first kappa shape index (κ1) is 17.9. The fraction of sp³-hybridized carbons (Fsp3) is 0.222. The average molecular weight is 338 g/mol. The van der Waals surface area contributed by atoms with E-state index < -0.39 is 5.97 Å². The maximum absolute atomic E-state index is 11.9. The molecule has 0 radical (unpaired) electrons. The van der Waals surface area contributed by atoms with Crippen molar-refractivity contribution in [2.45, 2.75) is 13.8 Å². The van der Waals surface area contributed by atoms with Crippen LogP contribution in [-0.2, 0) is 4.74 Å². The van der Waals surface area contributed by atoms with Gasteiger partial charge in [-0.3, -0.25) is 4.40 Å². The van der Waals surface area contributed by atoms with Gasteiger partial charge in [-0.1, -0.05) is 20.4 Å². The Morgan fingerprint density at radius 2 is 1.84 bits per heavy atom. The minimum absolute atomic E-state index is 0.106. The first-order valence-corrected chi connectivity index (χ1v) is 7.65. The van der Waals surface area contributed by atoms with Crippen LogP contribution in [0.5, 0.6) is 5.75 Å². The summed E-state index contributed by atoms with van der Waals surface area (Å²) in [7, 11) is 2.83. The number of aromatic nitrogens is 3. The Hall–Kier alpha value is -3.40. The summed E-state index contributed by atoms with van der Waals surface area (Å²) >= 11 is 0. The first-order chi connectivity index (χ1) is 12.1. The van der Waals surface area contributed by atoms with Gasteiger partial charge in [-0.25, -0.2) is 4.79 Å². The number of methoxy groups -OCH3 is 2. The van der Waals surface area contributed by atoms with E-state index in [0.29, 0.717) is 16.9 Å². The highest BCUT2D eigenvalue weighted by Crippen LogP contribution is 2.23.